The number of esters is 1. The van der Waals surface area contributed by atoms with E-state index in [0.717, 1.165) is 70.6 Å². The summed E-state index contributed by atoms with van der Waals surface area (Å²) < 4.78 is 17.5. The summed E-state index contributed by atoms with van der Waals surface area (Å²) in [4.78, 5) is 26.4. The topological polar surface area (TPSA) is 175 Å². The summed E-state index contributed by atoms with van der Waals surface area (Å²) >= 11 is 0. The van der Waals surface area contributed by atoms with E-state index in [2.05, 4.69) is 38.2 Å². The zero-order valence-electron chi connectivity index (χ0n) is 42.8. The summed E-state index contributed by atoms with van der Waals surface area (Å²) in [5.41, 5.74) is 0. The molecule has 67 heavy (non-hydrogen) atoms. The number of rotatable bonds is 45. The van der Waals surface area contributed by atoms with Crippen LogP contribution in [0, 0.1) is 0 Å². The second kappa shape index (κ2) is 44.8. The van der Waals surface area contributed by atoms with Crippen molar-refractivity contribution in [3.05, 3.63) is 48.6 Å². The molecule has 0 saturated carbocycles. The van der Waals surface area contributed by atoms with Crippen LogP contribution < -0.4 is 5.32 Å². The minimum Gasteiger partial charge on any atom is -0.454 e. The second-order valence-electron chi connectivity index (χ2n) is 19.0. The van der Waals surface area contributed by atoms with Gasteiger partial charge in [0.15, 0.2) is 12.4 Å². The highest BCUT2D eigenvalue weighted by atomic mass is 16.7. The summed E-state index contributed by atoms with van der Waals surface area (Å²) in [6.07, 6.45) is 41.6. The van der Waals surface area contributed by atoms with E-state index < -0.39 is 67.4 Å². The molecule has 1 saturated heterocycles. The molecule has 1 aliphatic rings. The predicted molar refractivity (Wildman–Crippen MR) is 273 cm³/mol. The number of hydrogen-bond donors (Lipinski definition) is 6. The van der Waals surface area contributed by atoms with Crippen LogP contribution in [0.4, 0.5) is 0 Å². The van der Waals surface area contributed by atoms with Gasteiger partial charge in [0.2, 0.25) is 5.91 Å². The van der Waals surface area contributed by atoms with Crippen molar-refractivity contribution < 1.29 is 49.3 Å². The Hall–Kier alpha value is -2.38. The van der Waals surface area contributed by atoms with E-state index in [1.54, 1.807) is 6.08 Å². The first-order valence-electron chi connectivity index (χ1n) is 27.4. The van der Waals surface area contributed by atoms with Crippen molar-refractivity contribution in [2.45, 2.75) is 282 Å². The van der Waals surface area contributed by atoms with E-state index in [4.69, 9.17) is 14.2 Å². The molecule has 0 radical (unpaired) electrons. The fraction of sp³-hybridized carbons (Fsp3) is 0.821. The lowest BCUT2D eigenvalue weighted by atomic mass is 9.99. The summed E-state index contributed by atoms with van der Waals surface area (Å²) in [6.45, 7) is 5.62. The molecule has 0 aromatic heterocycles. The maximum absolute atomic E-state index is 13.3. The molecule has 11 nitrogen and oxygen atoms in total. The molecule has 6 N–H and O–H groups in total. The van der Waals surface area contributed by atoms with Gasteiger partial charge in [0, 0.05) is 6.42 Å². The maximum Gasteiger partial charge on any atom is 0.306 e. The van der Waals surface area contributed by atoms with Gasteiger partial charge >= 0.3 is 5.97 Å². The number of ether oxygens (including phenoxy) is 3. The number of aliphatic hydroxyl groups excluding tert-OH is 5. The molecular formula is C56H101NO10. The Morgan fingerprint density at radius 1 is 0.597 bits per heavy atom. The van der Waals surface area contributed by atoms with Gasteiger partial charge in [-0.2, -0.15) is 0 Å². The Morgan fingerprint density at radius 3 is 1.60 bits per heavy atom. The van der Waals surface area contributed by atoms with Crippen molar-refractivity contribution in [1.82, 2.24) is 5.32 Å². The van der Waals surface area contributed by atoms with Crippen LogP contribution in [0.2, 0.25) is 0 Å². The van der Waals surface area contributed by atoms with Gasteiger partial charge < -0.3 is 45.1 Å². The fourth-order valence-electron chi connectivity index (χ4n) is 8.42. The highest BCUT2D eigenvalue weighted by molar-refractivity contribution is 5.80. The largest absolute Gasteiger partial charge is 0.454 e. The van der Waals surface area contributed by atoms with Gasteiger partial charge in [0.05, 0.1) is 25.4 Å². The van der Waals surface area contributed by atoms with Gasteiger partial charge in [-0.15, -0.1) is 0 Å². The highest BCUT2D eigenvalue weighted by Gasteiger charge is 2.47. The van der Waals surface area contributed by atoms with E-state index in [0.29, 0.717) is 12.8 Å². The van der Waals surface area contributed by atoms with Crippen LogP contribution in [0.3, 0.4) is 0 Å². The zero-order chi connectivity index (χ0) is 49.0. The first-order chi connectivity index (χ1) is 32.7. The third-order valence-electron chi connectivity index (χ3n) is 12.8. The lowest BCUT2D eigenvalue weighted by molar-refractivity contribution is -0.305. The van der Waals surface area contributed by atoms with Crippen molar-refractivity contribution in [2.75, 3.05) is 13.2 Å². The minimum absolute atomic E-state index is 0.123. The molecule has 11 heteroatoms. The molecule has 1 amide bonds. The second-order valence-corrected chi connectivity index (χ2v) is 19.0. The van der Waals surface area contributed by atoms with E-state index in [1.807, 2.05) is 30.4 Å². The van der Waals surface area contributed by atoms with Gasteiger partial charge in [0.25, 0.3) is 0 Å². The van der Waals surface area contributed by atoms with Crippen LogP contribution in [-0.4, -0.2) is 99.6 Å². The van der Waals surface area contributed by atoms with Gasteiger partial charge in [-0.1, -0.05) is 230 Å². The number of amides is 1. The lowest BCUT2D eigenvalue weighted by Gasteiger charge is -2.41. The van der Waals surface area contributed by atoms with Crippen LogP contribution in [0.15, 0.2) is 48.6 Å². The number of hydrogen-bond acceptors (Lipinski definition) is 10. The molecule has 0 spiro atoms. The van der Waals surface area contributed by atoms with E-state index in [9.17, 15) is 35.1 Å². The predicted octanol–water partition coefficient (Wildman–Crippen LogP) is 11.7. The Balaban J connectivity index is 2.78. The standard InChI is InChI=1S/C56H101NO10/c1-4-7-10-13-16-19-22-25-28-30-33-36-39-42-48(59)47(57-55(64)49(60)43-40-37-34-31-27-24-21-18-15-12-9-6-3)46-65-56-54(53(63)52(62)50(45-58)66-56)67-51(61)44-41-38-35-32-29-26-23-20-17-14-11-8-5-2/h9,12,15,18,21,24,39,42,47-50,52-54,56,58-60,62-63H,4-8,10-11,13-14,16-17,19-20,22-23,25-38,40-41,43-46H2,1-3H3,(H,57,64)/b12-9+,18-15+,24-21-,42-39+. The maximum atomic E-state index is 13.3. The molecule has 1 aliphatic heterocycles. The van der Waals surface area contributed by atoms with Crippen LogP contribution in [0.25, 0.3) is 0 Å². The number of allylic oxidation sites excluding steroid dienone is 7. The average molecular weight is 948 g/mol. The SMILES string of the molecule is CC/C=C/C=C/C=C\CCCCCCC(O)C(=O)NC(COC1OC(CO)C(O)C(O)C1OC(=O)CCCCCCCCCCCCCCC)C(O)/C=C/CCCCCCCCCCCCC. The third-order valence-corrected chi connectivity index (χ3v) is 12.8. The van der Waals surface area contributed by atoms with Crippen molar-refractivity contribution in [1.29, 1.82) is 0 Å². The normalized spacial score (nSPS) is 20.4. The van der Waals surface area contributed by atoms with E-state index in [1.165, 1.54) is 116 Å². The highest BCUT2D eigenvalue weighted by Crippen LogP contribution is 2.26. The molecule has 0 aromatic carbocycles. The van der Waals surface area contributed by atoms with Gasteiger partial charge in [-0.3, -0.25) is 9.59 Å². The van der Waals surface area contributed by atoms with E-state index >= 15 is 0 Å². The van der Waals surface area contributed by atoms with Gasteiger partial charge in [-0.05, 0) is 44.9 Å². The van der Waals surface area contributed by atoms with Crippen LogP contribution in [0.5, 0.6) is 0 Å². The van der Waals surface area contributed by atoms with Gasteiger partial charge in [0.1, 0.15) is 24.4 Å². The summed E-state index contributed by atoms with van der Waals surface area (Å²) in [6, 6.07) is -1.03. The molecule has 0 aromatic rings. The molecule has 0 bridgehead atoms. The monoisotopic (exact) mass is 948 g/mol. The van der Waals surface area contributed by atoms with Crippen molar-refractivity contribution in [2.24, 2.45) is 0 Å². The quantitative estimate of drug-likeness (QED) is 0.0149. The van der Waals surface area contributed by atoms with Crippen LogP contribution in [-0.2, 0) is 23.8 Å². The van der Waals surface area contributed by atoms with E-state index in [-0.39, 0.29) is 19.4 Å². The smallest absolute Gasteiger partial charge is 0.306 e. The number of aliphatic hydroxyl groups is 5. The molecule has 1 fully saturated rings. The first-order valence-corrected chi connectivity index (χ1v) is 27.4. The lowest BCUT2D eigenvalue weighted by Crippen LogP contribution is -2.61. The summed E-state index contributed by atoms with van der Waals surface area (Å²) in [7, 11) is 0. The molecule has 1 rings (SSSR count). The van der Waals surface area contributed by atoms with Crippen molar-refractivity contribution in [3.63, 3.8) is 0 Å². The molecule has 8 atom stereocenters. The first kappa shape index (κ1) is 62.6. The number of unbranched alkanes of at least 4 members (excludes halogenated alkanes) is 27. The van der Waals surface area contributed by atoms with Crippen LogP contribution >= 0.6 is 0 Å². The zero-order valence-corrected chi connectivity index (χ0v) is 42.8. The summed E-state index contributed by atoms with van der Waals surface area (Å²) in [5.74, 6) is -1.21. The Morgan fingerprint density at radius 2 is 1.07 bits per heavy atom. The average Bonchev–Trinajstić information content (AvgIpc) is 3.32. The number of carbonyl (C=O) groups is 2. The van der Waals surface area contributed by atoms with Crippen molar-refractivity contribution in [3.8, 4) is 0 Å². The molecule has 8 unspecified atom stereocenters. The summed E-state index contributed by atoms with van der Waals surface area (Å²) in [5, 5.41) is 56.6. The Kier molecular flexibility index (Phi) is 41.9. The molecule has 0 aliphatic carbocycles. The minimum atomic E-state index is -1.61. The Labute approximate surface area is 408 Å². The van der Waals surface area contributed by atoms with Crippen molar-refractivity contribution >= 4 is 11.9 Å². The molecular weight excluding hydrogens is 847 g/mol. The van der Waals surface area contributed by atoms with Crippen LogP contribution in [0.1, 0.15) is 233 Å². The molecule has 1 heterocycles. The van der Waals surface area contributed by atoms with Gasteiger partial charge in [-0.25, -0.2) is 0 Å². The number of nitrogens with one attached hydrogen (secondary N) is 1. The molecule has 390 valence electrons. The Bertz CT molecular complexity index is 1270. The fourth-order valence-corrected chi connectivity index (χ4v) is 8.42. The number of carbonyl (C=O) groups excluding carboxylic acids is 2. The third kappa shape index (κ3) is 33.7.